The predicted molar refractivity (Wildman–Crippen MR) is 60.2 cm³/mol. The Balaban J connectivity index is 3.30. The standard InChI is InChI=1S/C11H11N3O2/c1-6(2)9-7(3)13-11(16)14-8(15)4-5-12-10(9)14/h4-5H,1-3H3. The van der Waals surface area contributed by atoms with Crippen LogP contribution in [0.15, 0.2) is 21.9 Å². The van der Waals surface area contributed by atoms with Crippen LogP contribution in [0.1, 0.15) is 19.5 Å². The van der Waals surface area contributed by atoms with Gasteiger partial charge in [0.25, 0.3) is 5.56 Å². The van der Waals surface area contributed by atoms with Gasteiger partial charge in [0, 0.05) is 17.5 Å². The van der Waals surface area contributed by atoms with Crippen molar-refractivity contribution in [2.24, 2.45) is 0 Å². The summed E-state index contributed by atoms with van der Waals surface area (Å²) in [6.45, 7) is 5.53. The van der Waals surface area contributed by atoms with E-state index in [1.54, 1.807) is 6.92 Å². The summed E-state index contributed by atoms with van der Waals surface area (Å²) in [5, 5.41) is 0.761. The van der Waals surface area contributed by atoms with Gasteiger partial charge in [0.1, 0.15) is 0 Å². The molecule has 2 aromatic rings. The first-order chi connectivity index (χ1) is 7.52. The van der Waals surface area contributed by atoms with E-state index in [1.807, 2.05) is 13.8 Å². The molecule has 0 aliphatic rings. The molecule has 0 saturated heterocycles. The molecule has 0 aliphatic heterocycles. The summed E-state index contributed by atoms with van der Waals surface area (Å²) >= 11 is 0. The van der Waals surface area contributed by atoms with Crippen molar-refractivity contribution in [3.8, 4) is 0 Å². The second-order valence-electron chi connectivity index (χ2n) is 3.80. The van der Waals surface area contributed by atoms with Crippen molar-refractivity contribution in [1.29, 1.82) is 0 Å². The van der Waals surface area contributed by atoms with E-state index in [2.05, 4.69) is 9.97 Å². The van der Waals surface area contributed by atoms with Crippen LogP contribution < -0.4 is 16.5 Å². The maximum Gasteiger partial charge on any atom is 0.356 e. The zero-order valence-corrected chi connectivity index (χ0v) is 9.31. The minimum absolute atomic E-state index is 0.380. The van der Waals surface area contributed by atoms with E-state index in [0.717, 1.165) is 15.2 Å². The summed E-state index contributed by atoms with van der Waals surface area (Å²) in [6.07, 6.45) is 1.41. The van der Waals surface area contributed by atoms with Gasteiger partial charge in [0.15, 0.2) is 5.65 Å². The Labute approximate surface area is 91.1 Å². The average Bonchev–Trinajstić information content (AvgIpc) is 2.15. The fraction of sp³-hybridized carbons (Fsp3) is 0.273. The summed E-state index contributed by atoms with van der Waals surface area (Å²) in [4.78, 5) is 31.1. The Morgan fingerprint density at radius 2 is 2.00 bits per heavy atom. The summed E-state index contributed by atoms with van der Waals surface area (Å²) < 4.78 is 0.995. The normalized spacial score (nSPS) is 10.7. The first-order valence-corrected chi connectivity index (χ1v) is 4.88. The van der Waals surface area contributed by atoms with E-state index in [1.165, 1.54) is 12.3 Å². The average molecular weight is 217 g/mol. The molecular formula is C11H11N3O2. The third-order valence-electron chi connectivity index (χ3n) is 2.39. The highest BCUT2D eigenvalue weighted by Gasteiger charge is 2.07. The first-order valence-electron chi connectivity index (χ1n) is 4.88. The fourth-order valence-electron chi connectivity index (χ4n) is 1.77. The number of aromatic nitrogens is 3. The van der Waals surface area contributed by atoms with Gasteiger partial charge >= 0.3 is 5.69 Å². The van der Waals surface area contributed by atoms with Gasteiger partial charge in [0.2, 0.25) is 0 Å². The number of fused-ring (bicyclic) bond motifs is 1. The van der Waals surface area contributed by atoms with Crippen molar-refractivity contribution in [3.63, 3.8) is 0 Å². The molecule has 2 heterocycles. The van der Waals surface area contributed by atoms with Crippen LogP contribution in [-0.2, 0) is 0 Å². The molecular weight excluding hydrogens is 206 g/mol. The number of rotatable bonds is 0. The second-order valence-corrected chi connectivity index (χ2v) is 3.80. The van der Waals surface area contributed by atoms with Gasteiger partial charge in [-0.25, -0.2) is 14.2 Å². The monoisotopic (exact) mass is 217 g/mol. The minimum atomic E-state index is -0.574. The third-order valence-corrected chi connectivity index (χ3v) is 2.39. The molecule has 16 heavy (non-hydrogen) atoms. The number of aryl methyl sites for hydroxylation is 1. The largest absolute Gasteiger partial charge is 0.356 e. The van der Waals surface area contributed by atoms with Gasteiger partial charge in [-0.3, -0.25) is 4.79 Å². The molecule has 0 bridgehead atoms. The molecule has 0 N–H and O–H groups in total. The molecule has 0 fully saturated rings. The number of hydrogen-bond acceptors (Lipinski definition) is 4. The van der Waals surface area contributed by atoms with Crippen LogP contribution in [0.2, 0.25) is 0 Å². The molecule has 0 radical (unpaired) electrons. The van der Waals surface area contributed by atoms with Crippen LogP contribution in [0.3, 0.4) is 0 Å². The van der Waals surface area contributed by atoms with Crippen LogP contribution >= 0.6 is 0 Å². The molecule has 0 aromatic carbocycles. The van der Waals surface area contributed by atoms with E-state index in [9.17, 15) is 9.59 Å². The van der Waals surface area contributed by atoms with E-state index in [-0.39, 0.29) is 0 Å². The summed E-state index contributed by atoms with van der Waals surface area (Å²) in [5.74, 6) is 0. The highest BCUT2D eigenvalue weighted by Crippen LogP contribution is 1.92. The van der Waals surface area contributed by atoms with Gasteiger partial charge in [-0.2, -0.15) is 4.98 Å². The van der Waals surface area contributed by atoms with Crippen molar-refractivity contribution in [2.75, 3.05) is 0 Å². The zero-order chi connectivity index (χ0) is 11.9. The topological polar surface area (TPSA) is 64.3 Å². The Kier molecular flexibility index (Phi) is 2.30. The van der Waals surface area contributed by atoms with Crippen LogP contribution in [0, 0.1) is 6.92 Å². The smallest absolute Gasteiger partial charge is 0.269 e. The molecule has 0 spiro atoms. The first kappa shape index (κ1) is 10.5. The van der Waals surface area contributed by atoms with Crippen molar-refractivity contribution in [1.82, 2.24) is 14.4 Å². The molecule has 2 aromatic heterocycles. The highest BCUT2D eigenvalue weighted by molar-refractivity contribution is 5.52. The summed E-state index contributed by atoms with van der Waals surface area (Å²) in [6, 6.07) is 1.25. The number of hydrogen-bond donors (Lipinski definition) is 0. The second kappa shape index (κ2) is 3.52. The summed E-state index contributed by atoms with van der Waals surface area (Å²) in [5.41, 5.74) is 0.981. The molecule has 0 amide bonds. The van der Waals surface area contributed by atoms with Crippen LogP contribution in [-0.4, -0.2) is 14.4 Å². The van der Waals surface area contributed by atoms with Gasteiger partial charge in [-0.1, -0.05) is 5.57 Å². The van der Waals surface area contributed by atoms with Gasteiger partial charge in [0.05, 0.1) is 5.69 Å². The van der Waals surface area contributed by atoms with Crippen LogP contribution in [0.4, 0.5) is 0 Å². The van der Waals surface area contributed by atoms with Crippen molar-refractivity contribution in [3.05, 3.63) is 44.0 Å². The summed E-state index contributed by atoms with van der Waals surface area (Å²) in [7, 11) is 0. The molecule has 5 heteroatoms. The highest BCUT2D eigenvalue weighted by atomic mass is 16.2. The van der Waals surface area contributed by atoms with Crippen LogP contribution in [0.5, 0.6) is 0 Å². The molecule has 0 saturated carbocycles. The molecule has 0 atom stereocenters. The van der Waals surface area contributed by atoms with Crippen molar-refractivity contribution >= 4 is 11.2 Å². The molecule has 0 aliphatic carbocycles. The lowest BCUT2D eigenvalue weighted by molar-refractivity contribution is 0.898. The van der Waals surface area contributed by atoms with Gasteiger partial charge < -0.3 is 0 Å². The third kappa shape index (κ3) is 1.41. The van der Waals surface area contributed by atoms with E-state index in [4.69, 9.17) is 0 Å². The maximum absolute atomic E-state index is 11.6. The quantitative estimate of drug-likeness (QED) is 0.606. The number of nitrogens with zero attached hydrogens (tertiary/aromatic N) is 3. The molecule has 82 valence electrons. The van der Waals surface area contributed by atoms with Gasteiger partial charge in [-0.05, 0) is 20.8 Å². The lowest BCUT2D eigenvalue weighted by Gasteiger charge is -2.02. The van der Waals surface area contributed by atoms with Crippen molar-refractivity contribution in [2.45, 2.75) is 20.8 Å². The van der Waals surface area contributed by atoms with Crippen molar-refractivity contribution < 1.29 is 0 Å². The lowest BCUT2D eigenvalue weighted by atomic mass is 10.2. The lowest BCUT2D eigenvalue weighted by Crippen LogP contribution is -2.35. The Bertz CT molecular complexity index is 727. The van der Waals surface area contributed by atoms with E-state index >= 15 is 0 Å². The Morgan fingerprint density at radius 1 is 1.31 bits per heavy atom. The van der Waals surface area contributed by atoms with E-state index in [0.29, 0.717) is 11.3 Å². The van der Waals surface area contributed by atoms with E-state index < -0.39 is 11.2 Å². The molecule has 2 rings (SSSR count). The Hall–Kier alpha value is -2.04. The van der Waals surface area contributed by atoms with Crippen LogP contribution in [0.25, 0.3) is 11.2 Å². The SMILES string of the molecule is CC(C)=c1c(C)nc(=O)n2c(=O)ccnc12. The fourth-order valence-corrected chi connectivity index (χ4v) is 1.77. The zero-order valence-electron chi connectivity index (χ0n) is 9.31. The predicted octanol–water partition coefficient (Wildman–Crippen LogP) is -0.332. The van der Waals surface area contributed by atoms with Gasteiger partial charge in [-0.15, -0.1) is 0 Å². The molecule has 5 nitrogen and oxygen atoms in total. The molecule has 0 unspecified atom stereocenters. The minimum Gasteiger partial charge on any atom is -0.269 e. The Morgan fingerprint density at radius 3 is 2.62 bits per heavy atom. The maximum atomic E-state index is 11.6.